The maximum atomic E-state index is 9.44. The Morgan fingerprint density at radius 1 is 1.45 bits per heavy atom. The summed E-state index contributed by atoms with van der Waals surface area (Å²) in [5.41, 5.74) is 0. The molecule has 0 saturated carbocycles. The molecule has 0 amide bonds. The summed E-state index contributed by atoms with van der Waals surface area (Å²) in [4.78, 5) is 0. The molecule has 2 heteroatoms. The molecule has 0 bridgehead atoms. The van der Waals surface area contributed by atoms with E-state index in [4.69, 9.17) is 0 Å². The van der Waals surface area contributed by atoms with E-state index in [2.05, 4.69) is 19.2 Å². The fourth-order valence-corrected chi connectivity index (χ4v) is 1.92. The van der Waals surface area contributed by atoms with E-state index in [1.54, 1.807) is 0 Å². The third-order valence-electron chi connectivity index (χ3n) is 2.34. The Kier molecular flexibility index (Phi) is 3.34. The van der Waals surface area contributed by atoms with Crippen LogP contribution in [0.25, 0.3) is 0 Å². The number of hydrogen-bond donors (Lipinski definition) is 2. The SMILES string of the molecule is CCC[C@@H]1C[C@H](O)C[C@H](C)N1. The Balaban J connectivity index is 2.30. The van der Waals surface area contributed by atoms with Crippen LogP contribution in [0.15, 0.2) is 0 Å². The highest BCUT2D eigenvalue weighted by molar-refractivity contribution is 4.82. The first kappa shape index (κ1) is 9.01. The lowest BCUT2D eigenvalue weighted by atomic mass is 9.94. The highest BCUT2D eigenvalue weighted by Crippen LogP contribution is 2.16. The van der Waals surface area contributed by atoms with E-state index in [0.29, 0.717) is 12.1 Å². The van der Waals surface area contributed by atoms with E-state index >= 15 is 0 Å². The van der Waals surface area contributed by atoms with E-state index in [1.807, 2.05) is 0 Å². The molecule has 0 aromatic rings. The third-order valence-corrected chi connectivity index (χ3v) is 2.34. The summed E-state index contributed by atoms with van der Waals surface area (Å²) in [6.07, 6.45) is 4.19. The minimum Gasteiger partial charge on any atom is -0.393 e. The van der Waals surface area contributed by atoms with E-state index in [-0.39, 0.29) is 6.10 Å². The molecule has 0 aromatic carbocycles. The summed E-state index contributed by atoms with van der Waals surface area (Å²) in [5, 5.41) is 12.9. The number of hydrogen-bond acceptors (Lipinski definition) is 2. The van der Waals surface area contributed by atoms with Crippen LogP contribution in [0.2, 0.25) is 0 Å². The van der Waals surface area contributed by atoms with Gasteiger partial charge in [0.1, 0.15) is 0 Å². The van der Waals surface area contributed by atoms with Crippen LogP contribution < -0.4 is 5.32 Å². The topological polar surface area (TPSA) is 32.3 Å². The Bertz CT molecular complexity index is 106. The van der Waals surface area contributed by atoms with Gasteiger partial charge in [-0.25, -0.2) is 0 Å². The van der Waals surface area contributed by atoms with Crippen LogP contribution >= 0.6 is 0 Å². The number of piperidine rings is 1. The first-order valence-corrected chi connectivity index (χ1v) is 4.66. The highest BCUT2D eigenvalue weighted by Gasteiger charge is 2.22. The van der Waals surface area contributed by atoms with E-state index in [0.717, 1.165) is 12.8 Å². The molecule has 0 aliphatic carbocycles. The van der Waals surface area contributed by atoms with Crippen molar-refractivity contribution < 1.29 is 5.11 Å². The second-order valence-corrected chi connectivity index (χ2v) is 3.68. The second-order valence-electron chi connectivity index (χ2n) is 3.68. The minimum atomic E-state index is -0.0669. The molecule has 66 valence electrons. The maximum Gasteiger partial charge on any atom is 0.0569 e. The van der Waals surface area contributed by atoms with Gasteiger partial charge in [-0.3, -0.25) is 0 Å². The average Bonchev–Trinajstić information content (AvgIpc) is 1.85. The first-order valence-electron chi connectivity index (χ1n) is 4.66. The smallest absolute Gasteiger partial charge is 0.0569 e. The molecule has 0 aromatic heterocycles. The monoisotopic (exact) mass is 157 g/mol. The van der Waals surface area contributed by atoms with Crippen molar-refractivity contribution in [3.05, 3.63) is 0 Å². The molecule has 1 fully saturated rings. The van der Waals surface area contributed by atoms with Crippen LogP contribution in [-0.4, -0.2) is 23.3 Å². The van der Waals surface area contributed by atoms with Crippen molar-refractivity contribution >= 4 is 0 Å². The molecule has 11 heavy (non-hydrogen) atoms. The molecule has 1 rings (SSSR count). The van der Waals surface area contributed by atoms with Gasteiger partial charge in [-0.15, -0.1) is 0 Å². The Labute approximate surface area is 69.0 Å². The fourth-order valence-electron chi connectivity index (χ4n) is 1.92. The van der Waals surface area contributed by atoms with Crippen LogP contribution in [0.4, 0.5) is 0 Å². The Hall–Kier alpha value is -0.0800. The molecule has 1 aliphatic heterocycles. The molecule has 0 spiro atoms. The fraction of sp³-hybridized carbons (Fsp3) is 1.00. The maximum absolute atomic E-state index is 9.44. The summed E-state index contributed by atoms with van der Waals surface area (Å²) in [7, 11) is 0. The number of nitrogens with one attached hydrogen (secondary N) is 1. The van der Waals surface area contributed by atoms with Gasteiger partial charge in [0.2, 0.25) is 0 Å². The number of rotatable bonds is 2. The molecule has 0 radical (unpaired) electrons. The van der Waals surface area contributed by atoms with Crippen molar-refractivity contribution in [2.24, 2.45) is 0 Å². The van der Waals surface area contributed by atoms with Gasteiger partial charge in [0, 0.05) is 12.1 Å². The van der Waals surface area contributed by atoms with Gasteiger partial charge < -0.3 is 10.4 Å². The quantitative estimate of drug-likeness (QED) is 0.633. The van der Waals surface area contributed by atoms with Crippen LogP contribution in [0.1, 0.15) is 39.5 Å². The van der Waals surface area contributed by atoms with Gasteiger partial charge in [-0.05, 0) is 26.2 Å². The third kappa shape index (κ3) is 2.80. The minimum absolute atomic E-state index is 0.0669. The van der Waals surface area contributed by atoms with Crippen LogP contribution in [0, 0.1) is 0 Å². The average molecular weight is 157 g/mol. The zero-order valence-corrected chi connectivity index (χ0v) is 7.51. The molecule has 0 unspecified atom stereocenters. The normalized spacial score (nSPS) is 39.0. The van der Waals surface area contributed by atoms with E-state index < -0.39 is 0 Å². The van der Waals surface area contributed by atoms with Crippen molar-refractivity contribution in [2.75, 3.05) is 0 Å². The molecule has 1 aliphatic rings. The standard InChI is InChI=1S/C9H19NO/c1-3-4-8-6-9(11)5-7(2)10-8/h7-11H,3-6H2,1-2H3/t7-,8+,9+/m0/s1. The van der Waals surface area contributed by atoms with Gasteiger partial charge in [0.05, 0.1) is 6.10 Å². The van der Waals surface area contributed by atoms with Crippen LogP contribution in [0.5, 0.6) is 0 Å². The molecule has 2 N–H and O–H groups in total. The first-order chi connectivity index (χ1) is 5.22. The predicted octanol–water partition coefficient (Wildman–Crippen LogP) is 1.29. The zero-order valence-electron chi connectivity index (χ0n) is 7.51. The lowest BCUT2D eigenvalue weighted by Gasteiger charge is -2.32. The van der Waals surface area contributed by atoms with Gasteiger partial charge in [0.25, 0.3) is 0 Å². The molecule has 1 heterocycles. The van der Waals surface area contributed by atoms with Crippen molar-refractivity contribution in [2.45, 2.75) is 57.7 Å². The van der Waals surface area contributed by atoms with Crippen molar-refractivity contribution in [1.82, 2.24) is 5.32 Å². The molecule has 1 saturated heterocycles. The van der Waals surface area contributed by atoms with Gasteiger partial charge in [-0.1, -0.05) is 13.3 Å². The lowest BCUT2D eigenvalue weighted by molar-refractivity contribution is 0.0952. The summed E-state index contributed by atoms with van der Waals surface area (Å²) >= 11 is 0. The largest absolute Gasteiger partial charge is 0.393 e. The molecule has 2 nitrogen and oxygen atoms in total. The van der Waals surface area contributed by atoms with Gasteiger partial charge in [0.15, 0.2) is 0 Å². The predicted molar refractivity (Wildman–Crippen MR) is 46.5 cm³/mol. The second kappa shape index (κ2) is 4.07. The lowest BCUT2D eigenvalue weighted by Crippen LogP contribution is -2.45. The van der Waals surface area contributed by atoms with Crippen LogP contribution in [-0.2, 0) is 0 Å². The number of aliphatic hydroxyl groups is 1. The van der Waals surface area contributed by atoms with Gasteiger partial charge in [-0.2, -0.15) is 0 Å². The zero-order chi connectivity index (χ0) is 8.27. The molecule has 3 atom stereocenters. The van der Waals surface area contributed by atoms with Crippen molar-refractivity contribution in [1.29, 1.82) is 0 Å². The number of aliphatic hydroxyl groups excluding tert-OH is 1. The Morgan fingerprint density at radius 3 is 2.73 bits per heavy atom. The summed E-state index contributed by atoms with van der Waals surface area (Å²) in [6.45, 7) is 4.33. The Morgan fingerprint density at radius 2 is 2.18 bits per heavy atom. The van der Waals surface area contributed by atoms with Crippen molar-refractivity contribution in [3.8, 4) is 0 Å². The summed E-state index contributed by atoms with van der Waals surface area (Å²) in [6, 6.07) is 1.05. The molecular weight excluding hydrogens is 138 g/mol. The van der Waals surface area contributed by atoms with E-state index in [9.17, 15) is 5.11 Å². The summed E-state index contributed by atoms with van der Waals surface area (Å²) in [5.74, 6) is 0. The highest BCUT2D eigenvalue weighted by atomic mass is 16.3. The molecular formula is C9H19NO. The van der Waals surface area contributed by atoms with Crippen LogP contribution in [0.3, 0.4) is 0 Å². The van der Waals surface area contributed by atoms with E-state index in [1.165, 1.54) is 12.8 Å². The summed E-state index contributed by atoms with van der Waals surface area (Å²) < 4.78 is 0. The van der Waals surface area contributed by atoms with Crippen molar-refractivity contribution in [3.63, 3.8) is 0 Å². The van der Waals surface area contributed by atoms with Gasteiger partial charge >= 0.3 is 0 Å².